The van der Waals surface area contributed by atoms with E-state index in [1.54, 1.807) is 0 Å². The van der Waals surface area contributed by atoms with Gasteiger partial charge in [0.2, 0.25) is 0 Å². The first-order chi connectivity index (χ1) is 10.5. The van der Waals surface area contributed by atoms with Crippen LogP contribution in [0.5, 0.6) is 0 Å². The van der Waals surface area contributed by atoms with E-state index in [-0.39, 0.29) is 0 Å². The van der Waals surface area contributed by atoms with Gasteiger partial charge in [0.05, 0.1) is 0 Å². The molecule has 0 atom stereocenters. The molecular weight excluding hydrogens is 1100 g/mol. The van der Waals surface area contributed by atoms with Crippen molar-refractivity contribution in [1.29, 1.82) is 0 Å². The maximum atomic E-state index is 12.8. The topological polar surface area (TPSA) is 179 Å². The maximum absolute atomic E-state index is 12.8. The molecule has 6 bridgehead atoms. The van der Waals surface area contributed by atoms with Crippen LogP contribution in [0.3, 0.4) is 0 Å². The molecule has 0 saturated carbocycles. The third-order valence-corrected chi connectivity index (χ3v) is 121. The zero-order valence-corrected chi connectivity index (χ0v) is 28.6. The Morgan fingerprint density at radius 1 is 0.565 bits per heavy atom. The van der Waals surface area contributed by atoms with Gasteiger partial charge < -0.3 is 0 Å². The van der Waals surface area contributed by atoms with E-state index in [1.165, 1.54) is 0 Å². The van der Waals surface area contributed by atoms with E-state index in [0.29, 0.717) is 0 Å². The van der Waals surface area contributed by atoms with E-state index in [1.807, 2.05) is 0 Å². The third kappa shape index (κ3) is 2.69. The normalized spacial score (nSPS) is 65.6. The standard InChI is InChI=1S/16O.4Sb.3Sn. The van der Waals surface area contributed by atoms with Gasteiger partial charge in [0.1, 0.15) is 0 Å². The van der Waals surface area contributed by atoms with Crippen LogP contribution >= 0.6 is 0 Å². The summed E-state index contributed by atoms with van der Waals surface area (Å²) in [5, 5.41) is 0. The fourth-order valence-electron chi connectivity index (χ4n) is 1.91. The van der Waals surface area contributed by atoms with Crippen LogP contribution in [0.15, 0.2) is 0 Å². The molecule has 0 aromatic rings. The fourth-order valence-corrected chi connectivity index (χ4v) is 139. The van der Waals surface area contributed by atoms with Gasteiger partial charge in [-0.3, -0.25) is 0 Å². The van der Waals surface area contributed by atoms with Crippen molar-refractivity contribution in [2.24, 2.45) is 0 Å². The van der Waals surface area contributed by atoms with Gasteiger partial charge in [-0.1, -0.05) is 0 Å². The summed E-state index contributed by atoms with van der Waals surface area (Å²) in [5.74, 6) is 0. The molecule has 9 saturated heterocycles. The third-order valence-electron chi connectivity index (χ3n) is 2.68. The molecule has 9 fully saturated rings. The quantitative estimate of drug-likeness (QED) is 0.235. The first-order valence-corrected chi connectivity index (χ1v) is 36.0. The van der Waals surface area contributed by atoms with Crippen LogP contribution in [-0.2, 0) is 28.3 Å². The molecule has 0 aliphatic carbocycles. The molecule has 128 valence electrons. The molecule has 9 aliphatic heterocycles. The second kappa shape index (κ2) is 4.99. The van der Waals surface area contributed by atoms with E-state index in [2.05, 4.69) is 0 Å². The first-order valence-electron chi connectivity index (χ1n) is 5.37. The molecule has 0 spiro atoms. The van der Waals surface area contributed by atoms with Crippen molar-refractivity contribution in [2.45, 2.75) is 0 Å². The molecule has 0 unspecified atom stereocenters. The van der Waals surface area contributed by atoms with Crippen molar-refractivity contribution in [3.63, 3.8) is 0 Å². The molecule has 9 heterocycles. The second-order valence-corrected chi connectivity index (χ2v) is 71.4. The number of rotatable bonds is 6. The Morgan fingerprint density at radius 2 is 0.783 bits per heavy atom. The van der Waals surface area contributed by atoms with Crippen LogP contribution in [0.2, 0.25) is 0 Å². The minimum atomic E-state index is -5.72. The summed E-state index contributed by atoms with van der Waals surface area (Å²) in [5.41, 5.74) is 0. The Hall–Kier alpha value is 4.39. The van der Waals surface area contributed by atoms with E-state index in [0.717, 1.165) is 0 Å². The Labute approximate surface area is 164 Å². The Bertz CT molecular complexity index is 666. The van der Waals surface area contributed by atoms with Gasteiger partial charge >= 0.3 is 169 Å². The summed E-state index contributed by atoms with van der Waals surface area (Å²) in [6, 6.07) is 0. The summed E-state index contributed by atoms with van der Waals surface area (Å²) < 4.78 is 106. The van der Waals surface area contributed by atoms with Crippen molar-refractivity contribution in [2.75, 3.05) is 0 Å². The SMILES string of the molecule is [O]=[Sb]([O][Sn]12[O][Sb](=[O])([O]1)[O]2)([O][Sn]12[O][Sb](=[O])([O]1)[O]2)[O][Sn]12[O][Sb](=[O])([O]1)[O]2. The van der Waals surface area contributed by atoms with Crippen LogP contribution in [0.4, 0.5) is 0 Å². The first kappa shape index (κ1) is 18.2. The zero-order chi connectivity index (χ0) is 16.0. The predicted octanol–water partition coefficient (Wildman–Crippen LogP) is -3.96. The Morgan fingerprint density at radius 3 is 0.957 bits per heavy atom. The molecular formula is O16Sb4Sn3. The summed E-state index contributed by atoms with van der Waals surface area (Å²) in [4.78, 5) is 0. The van der Waals surface area contributed by atoms with Crippen molar-refractivity contribution < 1.29 is 28.3 Å². The molecule has 0 aromatic carbocycles. The average Bonchev–Trinajstić information content (AvgIpc) is 2.17. The molecule has 23 heavy (non-hydrogen) atoms. The Balaban J connectivity index is 1.24. The van der Waals surface area contributed by atoms with Crippen LogP contribution in [-0.4, -0.2) is 140 Å². The minimum absolute atomic E-state index is 4.43. The molecule has 0 N–H and O–H groups in total. The fraction of sp³-hybridized carbons (Fsp3) is 0. The summed E-state index contributed by atoms with van der Waals surface area (Å²) in [7, 11) is 0. The molecule has 23 heteroatoms. The summed E-state index contributed by atoms with van der Waals surface area (Å²) in [6.07, 6.45) is 0. The van der Waals surface area contributed by atoms with Gasteiger partial charge in [-0.15, -0.1) is 0 Å². The Kier molecular flexibility index (Phi) is 3.94. The zero-order valence-electron chi connectivity index (χ0n) is 9.82. The average molecular weight is 1100 g/mol. The predicted molar refractivity (Wildman–Crippen MR) is 56.0 cm³/mol. The van der Waals surface area contributed by atoms with Crippen molar-refractivity contribution in [3.05, 3.63) is 0 Å². The van der Waals surface area contributed by atoms with Crippen LogP contribution in [0.25, 0.3) is 0 Å². The van der Waals surface area contributed by atoms with Gasteiger partial charge in [-0.25, -0.2) is 0 Å². The van der Waals surface area contributed by atoms with Crippen molar-refractivity contribution >= 4 is 140 Å². The number of hydrogen-bond acceptors (Lipinski definition) is 16. The monoisotopic (exact) mass is 1100 g/mol. The molecule has 9 aliphatic rings. The van der Waals surface area contributed by atoms with E-state index < -0.39 is 140 Å². The van der Waals surface area contributed by atoms with Crippen LogP contribution in [0, 0.1) is 0 Å². The van der Waals surface area contributed by atoms with E-state index >= 15 is 0 Å². The number of hydrogen-bond donors (Lipinski definition) is 0. The van der Waals surface area contributed by atoms with Gasteiger partial charge in [0.15, 0.2) is 0 Å². The summed E-state index contributed by atoms with van der Waals surface area (Å²) >= 11 is -32.9. The molecule has 9 rings (SSSR count). The molecule has 0 radical (unpaired) electrons. The van der Waals surface area contributed by atoms with Crippen molar-refractivity contribution in [1.82, 2.24) is 0 Å². The molecule has 0 aromatic heterocycles. The van der Waals surface area contributed by atoms with Crippen molar-refractivity contribution in [3.8, 4) is 0 Å². The molecule has 0 amide bonds. The van der Waals surface area contributed by atoms with Gasteiger partial charge in [-0.2, -0.15) is 0 Å². The summed E-state index contributed by atoms with van der Waals surface area (Å²) in [6.45, 7) is 0. The van der Waals surface area contributed by atoms with Crippen LogP contribution in [0.1, 0.15) is 0 Å². The molecule has 16 nitrogen and oxygen atoms in total. The second-order valence-electron chi connectivity index (χ2n) is 4.38. The van der Waals surface area contributed by atoms with E-state index in [9.17, 15) is 12.1 Å². The van der Waals surface area contributed by atoms with Gasteiger partial charge in [0, 0.05) is 0 Å². The van der Waals surface area contributed by atoms with E-state index in [4.69, 9.17) is 16.2 Å². The van der Waals surface area contributed by atoms with Crippen LogP contribution < -0.4 is 0 Å². The van der Waals surface area contributed by atoms with Gasteiger partial charge in [0.25, 0.3) is 0 Å². The van der Waals surface area contributed by atoms with Gasteiger partial charge in [-0.05, 0) is 0 Å².